The van der Waals surface area contributed by atoms with Crippen LogP contribution in [0.2, 0.25) is 0 Å². The Balaban J connectivity index is 1.34. The number of anilines is 1. The fourth-order valence-corrected chi connectivity index (χ4v) is 4.22. The van der Waals surface area contributed by atoms with Gasteiger partial charge in [-0.1, -0.05) is 22.8 Å². The van der Waals surface area contributed by atoms with Gasteiger partial charge in [0, 0.05) is 57.3 Å². The van der Waals surface area contributed by atoms with E-state index in [0.717, 1.165) is 57.3 Å². The van der Waals surface area contributed by atoms with Gasteiger partial charge in [0.05, 0.1) is 6.61 Å². The van der Waals surface area contributed by atoms with E-state index in [-0.39, 0.29) is 10.7 Å². The molecule has 1 saturated heterocycles. The average Bonchev–Trinajstić information content (AvgIpc) is 3.16. The van der Waals surface area contributed by atoms with Crippen molar-refractivity contribution in [2.45, 2.75) is 17.9 Å². The molecule has 1 unspecified atom stereocenters. The number of rotatable bonds is 4. The summed E-state index contributed by atoms with van der Waals surface area (Å²) in [5.41, 5.74) is 2.69. The van der Waals surface area contributed by atoms with Gasteiger partial charge in [0.15, 0.2) is 0 Å². The number of fused-ring (bicyclic) bond motifs is 1. The van der Waals surface area contributed by atoms with Gasteiger partial charge in [-0.25, -0.2) is 4.98 Å². The van der Waals surface area contributed by atoms with Gasteiger partial charge < -0.3 is 9.64 Å². The quantitative estimate of drug-likeness (QED) is 0.830. The Labute approximate surface area is 158 Å². The van der Waals surface area contributed by atoms with E-state index in [1.54, 1.807) is 0 Å². The van der Waals surface area contributed by atoms with Crippen LogP contribution in [0.4, 0.5) is 5.82 Å². The fourth-order valence-electron chi connectivity index (χ4n) is 3.54. The molecule has 2 aliphatic rings. The summed E-state index contributed by atoms with van der Waals surface area (Å²) in [4.78, 5) is 10.8. The number of hydrogen-bond acceptors (Lipinski definition) is 5. The van der Waals surface area contributed by atoms with Crippen molar-refractivity contribution in [2.75, 3.05) is 51.0 Å². The molecule has 6 heteroatoms. The van der Waals surface area contributed by atoms with E-state index >= 15 is 0 Å². The molecule has 0 amide bonds. The fraction of sp³-hybridized carbons (Fsp3) is 0.450. The zero-order chi connectivity index (χ0) is 17.9. The lowest BCUT2D eigenvalue weighted by molar-refractivity contribution is 0.249. The van der Waals surface area contributed by atoms with Gasteiger partial charge in [-0.15, -0.1) is 0 Å². The molecule has 2 aliphatic heterocycles. The number of aromatic nitrogens is 1. The second-order valence-corrected chi connectivity index (χ2v) is 8.61. The summed E-state index contributed by atoms with van der Waals surface area (Å²) in [5.74, 6) is 2.16. The molecule has 138 valence electrons. The molecule has 26 heavy (non-hydrogen) atoms. The Bertz CT molecular complexity index is 798. The summed E-state index contributed by atoms with van der Waals surface area (Å²) in [7, 11) is 1.81. The minimum atomic E-state index is -0.0566. The predicted octanol–water partition coefficient (Wildman–Crippen LogP) is 2.76. The van der Waals surface area contributed by atoms with Crippen LogP contribution in [0.5, 0.6) is 5.75 Å². The first-order valence-electron chi connectivity index (χ1n) is 9.17. The first kappa shape index (κ1) is 17.5. The summed E-state index contributed by atoms with van der Waals surface area (Å²) < 4.78 is 10.0. The Morgan fingerprint density at radius 3 is 2.73 bits per heavy atom. The van der Waals surface area contributed by atoms with Crippen LogP contribution in [0.25, 0.3) is 0 Å². The number of nitrogens with zero attached hydrogens (tertiary/aromatic N) is 4. The van der Waals surface area contributed by atoms with Crippen molar-refractivity contribution < 1.29 is 4.74 Å². The molecule has 1 atom stereocenters. The molecule has 5 nitrogen and oxygen atoms in total. The maximum atomic E-state index is 5.70. The minimum Gasteiger partial charge on any atom is -0.493 e. The highest BCUT2D eigenvalue weighted by atomic mass is 32.2. The first-order chi connectivity index (χ1) is 12.7. The third-order valence-corrected chi connectivity index (χ3v) is 6.67. The van der Waals surface area contributed by atoms with Crippen molar-refractivity contribution in [2.24, 2.45) is 4.36 Å². The van der Waals surface area contributed by atoms with Gasteiger partial charge in [0.2, 0.25) is 0 Å². The van der Waals surface area contributed by atoms with Crippen LogP contribution in [0.3, 0.4) is 0 Å². The van der Waals surface area contributed by atoms with Crippen molar-refractivity contribution in [3.05, 3.63) is 47.7 Å². The molecular weight excluding hydrogens is 344 g/mol. The lowest BCUT2D eigenvalue weighted by atomic mass is 10.1. The Morgan fingerprint density at radius 2 is 2.00 bits per heavy atom. The monoisotopic (exact) mass is 370 g/mol. The van der Waals surface area contributed by atoms with Crippen LogP contribution in [0.15, 0.2) is 45.8 Å². The van der Waals surface area contributed by atoms with E-state index in [0.29, 0.717) is 0 Å². The first-order valence-corrected chi connectivity index (χ1v) is 10.8. The van der Waals surface area contributed by atoms with E-state index in [4.69, 9.17) is 4.74 Å². The van der Waals surface area contributed by atoms with Crippen LogP contribution in [-0.2, 0) is 23.7 Å². The lowest BCUT2D eigenvalue weighted by Crippen LogP contribution is -2.46. The molecule has 2 aromatic rings. The van der Waals surface area contributed by atoms with Crippen molar-refractivity contribution in [3.8, 4) is 5.75 Å². The number of piperazine rings is 1. The molecule has 1 aromatic carbocycles. The van der Waals surface area contributed by atoms with Crippen molar-refractivity contribution in [1.82, 2.24) is 9.88 Å². The van der Waals surface area contributed by atoms with E-state index in [1.165, 1.54) is 16.0 Å². The van der Waals surface area contributed by atoms with Crippen molar-refractivity contribution in [3.63, 3.8) is 0 Å². The van der Waals surface area contributed by atoms with Crippen molar-refractivity contribution in [1.29, 1.82) is 0 Å². The zero-order valence-corrected chi connectivity index (χ0v) is 16.3. The van der Waals surface area contributed by atoms with Gasteiger partial charge >= 0.3 is 0 Å². The molecule has 0 saturated carbocycles. The second kappa shape index (κ2) is 7.76. The predicted molar refractivity (Wildman–Crippen MR) is 107 cm³/mol. The van der Waals surface area contributed by atoms with Gasteiger partial charge in [-0.2, -0.15) is 0 Å². The van der Waals surface area contributed by atoms with Crippen LogP contribution >= 0.6 is 0 Å². The zero-order valence-electron chi connectivity index (χ0n) is 15.5. The number of pyridine rings is 1. The normalized spacial score (nSPS) is 18.6. The Morgan fingerprint density at radius 1 is 1.15 bits per heavy atom. The summed E-state index contributed by atoms with van der Waals surface area (Å²) in [6.45, 7) is 5.98. The molecule has 4 rings (SSSR count). The van der Waals surface area contributed by atoms with Crippen LogP contribution in [-0.4, -0.2) is 56.0 Å². The Hall–Kier alpha value is -1.92. The molecule has 0 aliphatic carbocycles. The van der Waals surface area contributed by atoms with Gasteiger partial charge in [0.1, 0.15) is 11.6 Å². The largest absolute Gasteiger partial charge is 0.493 e. The lowest BCUT2D eigenvalue weighted by Gasteiger charge is -2.35. The summed E-state index contributed by atoms with van der Waals surface area (Å²) >= 11 is 0. The maximum absolute atomic E-state index is 5.70. The second-order valence-electron chi connectivity index (χ2n) is 6.82. The standard InChI is InChI=1S/C20H26N4OS/c1-21-26(2)18-5-6-20(22-14-18)24-10-8-23(9-11-24)15-16-3-4-17-7-12-25-19(17)13-16/h3-6,13-14H,7-12,15H2,1-2H3. The average molecular weight is 371 g/mol. The molecule has 0 radical (unpaired) electrons. The SMILES string of the molecule is CN=S(C)c1ccc(N2CCN(Cc3ccc4c(c3)OCC4)CC2)nc1. The van der Waals surface area contributed by atoms with E-state index in [2.05, 4.69) is 55.7 Å². The number of benzene rings is 1. The maximum Gasteiger partial charge on any atom is 0.128 e. The van der Waals surface area contributed by atoms with Crippen molar-refractivity contribution >= 4 is 16.5 Å². The molecule has 0 N–H and O–H groups in total. The highest BCUT2D eigenvalue weighted by Gasteiger charge is 2.19. The summed E-state index contributed by atoms with van der Waals surface area (Å²) in [6, 6.07) is 11.0. The third kappa shape index (κ3) is 3.76. The Kier molecular flexibility index (Phi) is 5.22. The molecule has 1 fully saturated rings. The number of ether oxygens (including phenoxy) is 1. The van der Waals surface area contributed by atoms with E-state index in [9.17, 15) is 0 Å². The van der Waals surface area contributed by atoms with Gasteiger partial charge in [0.25, 0.3) is 0 Å². The summed E-state index contributed by atoms with van der Waals surface area (Å²) in [6.07, 6.45) is 5.15. The summed E-state index contributed by atoms with van der Waals surface area (Å²) in [5, 5.41) is 0. The van der Waals surface area contributed by atoms with Crippen LogP contribution < -0.4 is 9.64 Å². The molecule has 0 bridgehead atoms. The smallest absolute Gasteiger partial charge is 0.128 e. The molecule has 1 aromatic heterocycles. The highest BCUT2D eigenvalue weighted by Crippen LogP contribution is 2.27. The van der Waals surface area contributed by atoms with Crippen LogP contribution in [0.1, 0.15) is 11.1 Å². The third-order valence-electron chi connectivity index (χ3n) is 5.20. The molecular formula is C20H26N4OS. The highest BCUT2D eigenvalue weighted by molar-refractivity contribution is 7.86. The molecule has 3 heterocycles. The minimum absolute atomic E-state index is 0.0566. The number of hydrogen-bond donors (Lipinski definition) is 0. The molecule has 0 spiro atoms. The van der Waals surface area contributed by atoms with E-state index in [1.807, 2.05) is 13.2 Å². The topological polar surface area (TPSA) is 41.0 Å². The van der Waals surface area contributed by atoms with Gasteiger partial charge in [-0.05, 0) is 35.6 Å². The van der Waals surface area contributed by atoms with Gasteiger partial charge in [-0.3, -0.25) is 9.26 Å². The van der Waals surface area contributed by atoms with E-state index < -0.39 is 0 Å². The van der Waals surface area contributed by atoms with Crippen LogP contribution in [0, 0.1) is 0 Å².